The minimum atomic E-state index is -0.250. The van der Waals surface area contributed by atoms with Crippen LogP contribution in [0.5, 0.6) is 0 Å². The Kier molecular flexibility index (Phi) is 3.39. The highest BCUT2D eigenvalue weighted by Crippen LogP contribution is 2.21. The predicted molar refractivity (Wildman–Crippen MR) is 71.2 cm³/mol. The third-order valence-corrected chi connectivity index (χ3v) is 3.48. The van der Waals surface area contributed by atoms with Crippen molar-refractivity contribution in [1.82, 2.24) is 10.2 Å². The van der Waals surface area contributed by atoms with Gasteiger partial charge in [-0.05, 0) is 41.1 Å². The summed E-state index contributed by atoms with van der Waals surface area (Å²) in [6, 6.07) is 5.02. The van der Waals surface area contributed by atoms with Gasteiger partial charge in [-0.25, -0.2) is 0 Å². The summed E-state index contributed by atoms with van der Waals surface area (Å²) < 4.78 is 0.765. The third kappa shape index (κ3) is 2.80. The average Bonchev–Trinajstić information content (AvgIpc) is 2.68. The van der Waals surface area contributed by atoms with Gasteiger partial charge < -0.3 is 5.73 Å². The molecule has 1 heterocycles. The summed E-state index contributed by atoms with van der Waals surface area (Å²) in [5.41, 5.74) is 6.71. The van der Waals surface area contributed by atoms with E-state index in [1.54, 1.807) is 18.2 Å². The van der Waals surface area contributed by atoms with Crippen LogP contribution in [-0.4, -0.2) is 16.1 Å². The van der Waals surface area contributed by atoms with E-state index in [1.165, 1.54) is 11.3 Å². The number of nitrogen functional groups attached to an aromatic ring is 1. The molecular formula is C10H9BrN4OS. The van der Waals surface area contributed by atoms with E-state index in [9.17, 15) is 4.79 Å². The van der Waals surface area contributed by atoms with Crippen molar-refractivity contribution in [3.63, 3.8) is 0 Å². The van der Waals surface area contributed by atoms with Crippen molar-refractivity contribution in [2.75, 3.05) is 11.1 Å². The summed E-state index contributed by atoms with van der Waals surface area (Å²) in [5, 5.41) is 11.6. The van der Waals surface area contributed by atoms with Crippen LogP contribution in [0.2, 0.25) is 0 Å². The van der Waals surface area contributed by atoms with Crippen molar-refractivity contribution in [3.8, 4) is 0 Å². The molecule has 0 aliphatic heterocycles. The largest absolute Gasteiger partial charge is 0.398 e. The van der Waals surface area contributed by atoms with Gasteiger partial charge in [0.25, 0.3) is 5.91 Å². The minimum Gasteiger partial charge on any atom is -0.398 e. The maximum atomic E-state index is 11.8. The molecule has 0 fully saturated rings. The van der Waals surface area contributed by atoms with Crippen molar-refractivity contribution < 1.29 is 4.79 Å². The van der Waals surface area contributed by atoms with Crippen LogP contribution in [0, 0.1) is 6.92 Å². The molecule has 1 aromatic carbocycles. The SMILES string of the molecule is Cc1nnc(NC(=O)c2ccc(Br)c(N)c2)s1. The summed E-state index contributed by atoms with van der Waals surface area (Å²) in [5.74, 6) is -0.250. The number of nitrogens with two attached hydrogens (primary N) is 1. The van der Waals surface area contributed by atoms with Gasteiger partial charge in [0.05, 0.1) is 0 Å². The van der Waals surface area contributed by atoms with E-state index < -0.39 is 0 Å². The van der Waals surface area contributed by atoms with Gasteiger partial charge in [-0.15, -0.1) is 10.2 Å². The topological polar surface area (TPSA) is 80.9 Å². The van der Waals surface area contributed by atoms with Gasteiger partial charge in [-0.3, -0.25) is 10.1 Å². The Morgan fingerprint density at radius 2 is 2.24 bits per heavy atom. The lowest BCUT2D eigenvalue weighted by Gasteiger charge is -2.03. The summed E-state index contributed by atoms with van der Waals surface area (Å²) in [7, 11) is 0. The van der Waals surface area contributed by atoms with Crippen molar-refractivity contribution in [1.29, 1.82) is 0 Å². The first-order chi connectivity index (χ1) is 8.06. The number of hydrogen-bond acceptors (Lipinski definition) is 5. The zero-order valence-corrected chi connectivity index (χ0v) is 11.3. The number of hydrogen-bond donors (Lipinski definition) is 2. The lowest BCUT2D eigenvalue weighted by molar-refractivity contribution is 0.102. The number of anilines is 2. The Hall–Kier alpha value is -1.47. The van der Waals surface area contributed by atoms with Gasteiger partial charge in [0.1, 0.15) is 5.01 Å². The number of nitrogens with one attached hydrogen (secondary N) is 1. The molecule has 0 radical (unpaired) electrons. The standard InChI is InChI=1S/C10H9BrN4OS/c1-5-14-15-10(17-5)13-9(16)6-2-3-7(11)8(12)4-6/h2-4H,12H2,1H3,(H,13,15,16). The Balaban J connectivity index is 2.17. The number of aryl methyl sites for hydroxylation is 1. The Bertz CT molecular complexity index is 569. The van der Waals surface area contributed by atoms with E-state index in [4.69, 9.17) is 5.73 Å². The molecule has 0 saturated heterocycles. The fourth-order valence-electron chi connectivity index (χ4n) is 1.20. The molecule has 0 saturated carbocycles. The number of carbonyl (C=O) groups is 1. The molecule has 0 unspecified atom stereocenters. The average molecular weight is 313 g/mol. The van der Waals surface area contributed by atoms with Gasteiger partial charge in [-0.2, -0.15) is 0 Å². The normalized spacial score (nSPS) is 10.2. The van der Waals surface area contributed by atoms with Gasteiger partial charge in [0.2, 0.25) is 5.13 Å². The molecule has 88 valence electrons. The lowest BCUT2D eigenvalue weighted by atomic mass is 10.2. The van der Waals surface area contributed by atoms with Crippen molar-refractivity contribution in [2.45, 2.75) is 6.92 Å². The second-order valence-electron chi connectivity index (χ2n) is 3.32. The quantitative estimate of drug-likeness (QED) is 0.835. The molecule has 0 aliphatic rings. The van der Waals surface area contributed by atoms with E-state index in [2.05, 4.69) is 31.4 Å². The van der Waals surface area contributed by atoms with E-state index in [0.29, 0.717) is 16.4 Å². The summed E-state index contributed by atoms with van der Waals surface area (Å²) in [4.78, 5) is 11.8. The number of halogens is 1. The van der Waals surface area contributed by atoms with Gasteiger partial charge in [-0.1, -0.05) is 11.3 Å². The first-order valence-electron chi connectivity index (χ1n) is 4.73. The van der Waals surface area contributed by atoms with E-state index in [1.807, 2.05) is 6.92 Å². The molecule has 5 nitrogen and oxygen atoms in total. The van der Waals surface area contributed by atoms with E-state index in [0.717, 1.165) is 9.48 Å². The number of amides is 1. The molecule has 0 aliphatic carbocycles. The third-order valence-electron chi connectivity index (χ3n) is 2.00. The van der Waals surface area contributed by atoms with E-state index in [-0.39, 0.29) is 5.91 Å². The van der Waals surface area contributed by atoms with Crippen LogP contribution in [0.4, 0.5) is 10.8 Å². The number of nitrogens with zero attached hydrogens (tertiary/aromatic N) is 2. The zero-order chi connectivity index (χ0) is 12.4. The number of benzene rings is 1. The van der Waals surface area contributed by atoms with E-state index >= 15 is 0 Å². The Labute approximate surface area is 110 Å². The molecule has 7 heteroatoms. The van der Waals surface area contributed by atoms with Crippen LogP contribution in [-0.2, 0) is 0 Å². The van der Waals surface area contributed by atoms with Crippen LogP contribution in [0.25, 0.3) is 0 Å². The summed E-state index contributed by atoms with van der Waals surface area (Å²) >= 11 is 4.60. The van der Waals surface area contributed by atoms with Gasteiger partial charge >= 0.3 is 0 Å². The fourth-order valence-corrected chi connectivity index (χ4v) is 2.03. The first-order valence-corrected chi connectivity index (χ1v) is 6.33. The van der Waals surface area contributed by atoms with Crippen LogP contribution in [0.1, 0.15) is 15.4 Å². The maximum Gasteiger partial charge on any atom is 0.257 e. The van der Waals surface area contributed by atoms with Crippen molar-refractivity contribution >= 4 is 44.0 Å². The summed E-state index contributed by atoms with van der Waals surface area (Å²) in [6.45, 7) is 1.82. The predicted octanol–water partition coefficient (Wildman–Crippen LogP) is 2.44. The molecule has 17 heavy (non-hydrogen) atoms. The molecule has 0 bridgehead atoms. The monoisotopic (exact) mass is 312 g/mol. The Morgan fingerprint density at radius 3 is 2.82 bits per heavy atom. The van der Waals surface area contributed by atoms with Crippen LogP contribution in [0.15, 0.2) is 22.7 Å². The molecule has 0 spiro atoms. The van der Waals surface area contributed by atoms with Gasteiger partial charge in [0.15, 0.2) is 0 Å². The van der Waals surface area contributed by atoms with Crippen LogP contribution < -0.4 is 11.1 Å². The minimum absolute atomic E-state index is 0.250. The second-order valence-corrected chi connectivity index (χ2v) is 5.35. The molecule has 2 aromatic rings. The van der Waals surface area contributed by atoms with Crippen molar-refractivity contribution in [3.05, 3.63) is 33.2 Å². The van der Waals surface area contributed by atoms with Crippen molar-refractivity contribution in [2.24, 2.45) is 0 Å². The number of aromatic nitrogens is 2. The number of rotatable bonds is 2. The Morgan fingerprint density at radius 1 is 1.47 bits per heavy atom. The summed E-state index contributed by atoms with van der Waals surface area (Å²) in [6.07, 6.45) is 0. The number of carbonyl (C=O) groups excluding carboxylic acids is 1. The molecule has 3 N–H and O–H groups in total. The molecule has 2 rings (SSSR count). The highest BCUT2D eigenvalue weighted by molar-refractivity contribution is 9.10. The van der Waals surface area contributed by atoms with Crippen LogP contribution >= 0.6 is 27.3 Å². The maximum absolute atomic E-state index is 11.8. The van der Waals surface area contributed by atoms with Gasteiger partial charge in [0, 0.05) is 15.7 Å². The zero-order valence-electron chi connectivity index (χ0n) is 8.90. The molecule has 0 atom stereocenters. The molecule has 1 amide bonds. The second kappa shape index (κ2) is 4.80. The molecular weight excluding hydrogens is 304 g/mol. The van der Waals surface area contributed by atoms with Crippen LogP contribution in [0.3, 0.4) is 0 Å². The lowest BCUT2D eigenvalue weighted by Crippen LogP contribution is -2.12. The smallest absolute Gasteiger partial charge is 0.257 e. The fraction of sp³-hybridized carbons (Fsp3) is 0.100. The highest BCUT2D eigenvalue weighted by Gasteiger charge is 2.10. The highest BCUT2D eigenvalue weighted by atomic mass is 79.9. The first kappa shape index (κ1) is 12.0. The molecule has 1 aromatic heterocycles.